The number of aromatic nitrogens is 3. The van der Waals surface area contributed by atoms with Gasteiger partial charge in [-0.2, -0.15) is 0 Å². The third kappa shape index (κ3) is 1.58. The van der Waals surface area contributed by atoms with Crippen molar-refractivity contribution in [2.45, 2.75) is 6.92 Å². The van der Waals surface area contributed by atoms with Crippen LogP contribution in [0.15, 0.2) is 30.5 Å². The second-order valence-corrected chi connectivity index (χ2v) is 4.90. The summed E-state index contributed by atoms with van der Waals surface area (Å²) in [6.45, 7) is 1.99. The van der Waals surface area contributed by atoms with E-state index in [2.05, 4.69) is 10.2 Å². The van der Waals surface area contributed by atoms with Gasteiger partial charge in [-0.05, 0) is 12.5 Å². The molecule has 6 heteroatoms. The predicted molar refractivity (Wildman–Crippen MR) is 68.0 cm³/mol. The first-order chi connectivity index (χ1) is 8.66. The van der Waals surface area contributed by atoms with E-state index < -0.39 is 5.97 Å². The number of carboxylic acid groups (broad SMARTS) is 1. The van der Waals surface area contributed by atoms with E-state index in [9.17, 15) is 4.79 Å². The van der Waals surface area contributed by atoms with E-state index in [1.54, 1.807) is 10.6 Å². The minimum absolute atomic E-state index is 0.259. The molecule has 0 spiro atoms. The van der Waals surface area contributed by atoms with E-state index in [0.29, 0.717) is 10.8 Å². The Morgan fingerprint density at radius 1 is 1.33 bits per heavy atom. The Morgan fingerprint density at radius 3 is 2.83 bits per heavy atom. The molecule has 1 N–H and O–H groups in total. The van der Waals surface area contributed by atoms with Crippen LogP contribution in [0.25, 0.3) is 16.3 Å². The molecule has 0 aliphatic carbocycles. The van der Waals surface area contributed by atoms with Crippen molar-refractivity contribution in [3.63, 3.8) is 0 Å². The fourth-order valence-corrected chi connectivity index (χ4v) is 2.57. The molecule has 2 heterocycles. The molecule has 90 valence electrons. The molecule has 5 nitrogen and oxygen atoms in total. The highest BCUT2D eigenvalue weighted by Crippen LogP contribution is 2.25. The number of hydrogen-bond acceptors (Lipinski definition) is 4. The Hall–Kier alpha value is -2.21. The number of carboxylic acids is 1. The zero-order chi connectivity index (χ0) is 12.7. The molecule has 0 aliphatic heterocycles. The number of nitrogens with zero attached hydrogens (tertiary/aromatic N) is 3. The van der Waals surface area contributed by atoms with Gasteiger partial charge in [0.1, 0.15) is 4.88 Å². The highest BCUT2D eigenvalue weighted by atomic mass is 32.1. The van der Waals surface area contributed by atoms with E-state index >= 15 is 0 Å². The van der Waals surface area contributed by atoms with Crippen LogP contribution in [0.5, 0.6) is 0 Å². The lowest BCUT2D eigenvalue weighted by Crippen LogP contribution is -1.93. The number of thiazole rings is 1. The number of rotatable bonds is 2. The largest absolute Gasteiger partial charge is 0.477 e. The lowest BCUT2D eigenvalue weighted by atomic mass is 10.1. The van der Waals surface area contributed by atoms with E-state index in [-0.39, 0.29) is 4.88 Å². The molecular weight excluding hydrogens is 250 g/mol. The maximum atomic E-state index is 10.9. The Labute approximate surface area is 106 Å². The van der Waals surface area contributed by atoms with Crippen LogP contribution in [0.4, 0.5) is 0 Å². The van der Waals surface area contributed by atoms with Crippen molar-refractivity contribution in [2.75, 3.05) is 0 Å². The number of benzene rings is 1. The molecule has 0 fully saturated rings. The molecule has 0 saturated heterocycles. The van der Waals surface area contributed by atoms with Gasteiger partial charge >= 0.3 is 5.97 Å². The Kier molecular flexibility index (Phi) is 2.38. The quantitative estimate of drug-likeness (QED) is 0.767. The fraction of sp³-hybridized carbons (Fsp3) is 0.0833. The molecule has 0 bridgehead atoms. The van der Waals surface area contributed by atoms with Crippen molar-refractivity contribution in [1.82, 2.24) is 14.6 Å². The van der Waals surface area contributed by atoms with Crippen molar-refractivity contribution in [3.8, 4) is 11.4 Å². The molecule has 0 aliphatic rings. The zero-order valence-corrected chi connectivity index (χ0v) is 10.3. The maximum Gasteiger partial charge on any atom is 0.347 e. The van der Waals surface area contributed by atoms with Gasteiger partial charge in [0.05, 0.1) is 0 Å². The number of aromatic carboxylic acids is 1. The minimum atomic E-state index is -0.943. The molecular formula is C12H9N3O2S. The molecule has 18 heavy (non-hydrogen) atoms. The fourth-order valence-electron chi connectivity index (χ4n) is 1.81. The third-order valence-electron chi connectivity index (χ3n) is 2.71. The molecule has 0 unspecified atom stereocenters. The van der Waals surface area contributed by atoms with Gasteiger partial charge < -0.3 is 5.11 Å². The molecule has 1 aromatic carbocycles. The number of carbonyl (C=O) groups is 1. The van der Waals surface area contributed by atoms with Crippen molar-refractivity contribution in [1.29, 1.82) is 0 Å². The molecule has 3 rings (SSSR count). The van der Waals surface area contributed by atoms with Gasteiger partial charge in [-0.1, -0.05) is 35.6 Å². The van der Waals surface area contributed by atoms with E-state index in [1.807, 2.05) is 31.2 Å². The first kappa shape index (κ1) is 10.9. The highest BCUT2D eigenvalue weighted by Gasteiger charge is 2.15. The Balaban J connectivity index is 2.24. The standard InChI is InChI=1S/C12H9N3O2S/c1-7-4-2-3-5-8(7)10-13-14-12-15(10)6-9(18-12)11(16)17/h2-6H,1H3,(H,16,17). The highest BCUT2D eigenvalue weighted by molar-refractivity contribution is 7.18. The summed E-state index contributed by atoms with van der Waals surface area (Å²) in [6, 6.07) is 7.81. The van der Waals surface area contributed by atoms with Crippen LogP contribution in [0.1, 0.15) is 15.2 Å². The molecule has 0 saturated carbocycles. The van der Waals surface area contributed by atoms with Crippen molar-refractivity contribution < 1.29 is 9.90 Å². The molecule has 0 radical (unpaired) electrons. The van der Waals surface area contributed by atoms with E-state index in [0.717, 1.165) is 22.5 Å². The van der Waals surface area contributed by atoms with Gasteiger partial charge in [0, 0.05) is 11.8 Å². The van der Waals surface area contributed by atoms with E-state index in [1.165, 1.54) is 0 Å². The molecule has 0 amide bonds. The van der Waals surface area contributed by atoms with Gasteiger partial charge in [-0.3, -0.25) is 4.40 Å². The van der Waals surface area contributed by atoms with Gasteiger partial charge in [-0.25, -0.2) is 4.79 Å². The average Bonchev–Trinajstić information content (AvgIpc) is 2.89. The smallest absolute Gasteiger partial charge is 0.347 e. The van der Waals surface area contributed by atoms with Gasteiger partial charge in [0.15, 0.2) is 5.82 Å². The third-order valence-corrected chi connectivity index (χ3v) is 3.67. The second kappa shape index (κ2) is 3.92. The summed E-state index contributed by atoms with van der Waals surface area (Å²) in [5.41, 5.74) is 2.04. The molecule has 3 aromatic rings. The van der Waals surface area contributed by atoms with Crippen LogP contribution < -0.4 is 0 Å². The Morgan fingerprint density at radius 2 is 2.11 bits per heavy atom. The maximum absolute atomic E-state index is 10.9. The normalized spacial score (nSPS) is 10.9. The van der Waals surface area contributed by atoms with Crippen molar-refractivity contribution >= 4 is 22.3 Å². The molecule has 2 aromatic heterocycles. The lowest BCUT2D eigenvalue weighted by molar-refractivity contribution is 0.0702. The summed E-state index contributed by atoms with van der Waals surface area (Å²) in [5.74, 6) is -0.270. The summed E-state index contributed by atoms with van der Waals surface area (Å²) < 4.78 is 1.72. The summed E-state index contributed by atoms with van der Waals surface area (Å²) in [7, 11) is 0. The second-order valence-electron chi connectivity index (χ2n) is 3.89. The lowest BCUT2D eigenvalue weighted by Gasteiger charge is -2.01. The minimum Gasteiger partial charge on any atom is -0.477 e. The first-order valence-corrected chi connectivity index (χ1v) is 6.12. The zero-order valence-electron chi connectivity index (χ0n) is 9.49. The summed E-state index contributed by atoms with van der Waals surface area (Å²) >= 11 is 1.12. The van der Waals surface area contributed by atoms with Crippen molar-refractivity contribution in [2.24, 2.45) is 0 Å². The average molecular weight is 259 g/mol. The number of fused-ring (bicyclic) bond motifs is 1. The van der Waals surface area contributed by atoms with Crippen LogP contribution >= 0.6 is 11.3 Å². The SMILES string of the molecule is Cc1ccccc1-c1nnc2sc(C(=O)O)cn12. The van der Waals surface area contributed by atoms with Gasteiger partial charge in [0.2, 0.25) is 4.96 Å². The van der Waals surface area contributed by atoms with Gasteiger partial charge in [0.25, 0.3) is 0 Å². The topological polar surface area (TPSA) is 67.5 Å². The summed E-state index contributed by atoms with van der Waals surface area (Å²) in [6.07, 6.45) is 1.56. The number of hydrogen-bond donors (Lipinski definition) is 1. The van der Waals surface area contributed by atoms with Gasteiger partial charge in [-0.15, -0.1) is 10.2 Å². The first-order valence-electron chi connectivity index (χ1n) is 5.30. The number of aryl methyl sites for hydroxylation is 1. The monoisotopic (exact) mass is 259 g/mol. The predicted octanol–water partition coefficient (Wildman–Crippen LogP) is 2.46. The van der Waals surface area contributed by atoms with Crippen molar-refractivity contribution in [3.05, 3.63) is 40.9 Å². The van der Waals surface area contributed by atoms with Crippen LogP contribution in [-0.2, 0) is 0 Å². The van der Waals surface area contributed by atoms with Crippen LogP contribution in [0, 0.1) is 6.92 Å². The van der Waals surface area contributed by atoms with Crippen LogP contribution in [0.2, 0.25) is 0 Å². The summed E-state index contributed by atoms with van der Waals surface area (Å²) in [5, 5.41) is 17.1. The summed E-state index contributed by atoms with van der Waals surface area (Å²) in [4.78, 5) is 11.8. The van der Waals surface area contributed by atoms with Crippen LogP contribution in [-0.4, -0.2) is 25.7 Å². The Bertz CT molecular complexity index is 745. The van der Waals surface area contributed by atoms with E-state index in [4.69, 9.17) is 5.11 Å². The molecule has 0 atom stereocenters. The van der Waals surface area contributed by atoms with Crippen LogP contribution in [0.3, 0.4) is 0 Å².